The van der Waals surface area contributed by atoms with Crippen molar-refractivity contribution in [2.24, 2.45) is 17.3 Å². The van der Waals surface area contributed by atoms with Crippen LogP contribution in [0, 0.1) is 17.3 Å². The van der Waals surface area contributed by atoms with E-state index in [4.69, 9.17) is 39.5 Å². The largest absolute Gasteiger partial charge is 0.423 e. The highest BCUT2D eigenvalue weighted by Gasteiger charge is 2.54. The normalized spacial score (nSPS) is 30.9. The third-order valence-electron chi connectivity index (χ3n) is 7.48. The second-order valence-corrected chi connectivity index (χ2v) is 11.1. The number of alkyl halides is 3. The Morgan fingerprint density at radius 3 is 2.72 bits per heavy atom. The molecule has 0 spiro atoms. The Labute approximate surface area is 186 Å². The maximum Gasteiger partial charge on any atom is 0.363 e. The summed E-state index contributed by atoms with van der Waals surface area (Å²) in [5.74, 6) is 1.46. The highest BCUT2D eigenvalue weighted by molar-refractivity contribution is 6.75. The number of hydrogen-bond acceptors (Lipinski definition) is 3. The third kappa shape index (κ3) is 3.54. The smallest absolute Gasteiger partial charge is 0.363 e. The Balaban J connectivity index is 1.69. The van der Waals surface area contributed by atoms with Crippen molar-refractivity contribution in [3.8, 4) is 5.75 Å². The fraction of sp³-hybridized carbons (Fsp3) is 0.565. The molecule has 0 bridgehead atoms. The molecule has 3 aliphatic rings. The molecule has 1 aromatic carbocycles. The summed E-state index contributed by atoms with van der Waals surface area (Å²) in [5.41, 5.74) is 3.37. The highest BCUT2D eigenvalue weighted by atomic mass is 35.6. The summed E-state index contributed by atoms with van der Waals surface area (Å²) in [6.45, 7) is 6.04. The van der Waals surface area contributed by atoms with Crippen molar-refractivity contribution in [1.82, 2.24) is 0 Å². The molecule has 0 saturated heterocycles. The van der Waals surface area contributed by atoms with E-state index in [1.165, 1.54) is 11.1 Å². The molecular weight excluding hydrogens is 431 g/mol. The number of esters is 1. The summed E-state index contributed by atoms with van der Waals surface area (Å²) < 4.78 is 3.32. The Kier molecular flexibility index (Phi) is 5.55. The van der Waals surface area contributed by atoms with Crippen LogP contribution in [0.15, 0.2) is 24.8 Å². The Morgan fingerprint density at radius 1 is 1.28 bits per heavy atom. The Hall–Kier alpha value is -1.03. The first-order chi connectivity index (χ1) is 13.7. The summed E-state index contributed by atoms with van der Waals surface area (Å²) in [7, 11) is 0. The van der Waals surface area contributed by atoms with Gasteiger partial charge in [0.25, 0.3) is 3.79 Å². The van der Waals surface area contributed by atoms with Gasteiger partial charge in [-0.2, -0.15) is 0 Å². The summed E-state index contributed by atoms with van der Waals surface area (Å²) in [5, 5.41) is 0. The van der Waals surface area contributed by atoms with Crippen molar-refractivity contribution in [2.75, 3.05) is 0 Å². The van der Waals surface area contributed by atoms with E-state index in [0.29, 0.717) is 35.7 Å². The number of rotatable bonds is 3. The maximum absolute atomic E-state index is 12.5. The van der Waals surface area contributed by atoms with Crippen LogP contribution in [-0.2, 0) is 22.4 Å². The first-order valence-electron chi connectivity index (χ1n) is 10.2. The molecular formula is C23H25Cl3O3. The number of carbonyl (C=O) groups excluding carboxylic acids is 2. The van der Waals surface area contributed by atoms with E-state index in [0.717, 1.165) is 44.1 Å². The van der Waals surface area contributed by atoms with Crippen molar-refractivity contribution in [3.05, 3.63) is 41.5 Å². The molecule has 0 radical (unpaired) electrons. The topological polar surface area (TPSA) is 43.4 Å². The standard InChI is InChI=1S/C23H25Cl3O3/c1-3-4-17-14-5-6-16-15(11-12-22(2)18(16)8-10-20(22)27)13(14)7-9-19(17)29-21(28)23(24,25)26/h3,7,9,15-16,18H,1,4-6,8,10-12H2,2H3/t15-,16-,18+,22+/m1/s1. The van der Waals surface area contributed by atoms with Gasteiger partial charge in [0.2, 0.25) is 0 Å². The van der Waals surface area contributed by atoms with E-state index in [1.807, 2.05) is 12.1 Å². The molecule has 156 valence electrons. The van der Waals surface area contributed by atoms with E-state index in [1.54, 1.807) is 0 Å². The van der Waals surface area contributed by atoms with Crippen LogP contribution in [0.4, 0.5) is 0 Å². The van der Waals surface area contributed by atoms with Gasteiger partial charge in [0, 0.05) is 17.4 Å². The Bertz CT molecular complexity index is 873. The minimum Gasteiger partial charge on any atom is -0.423 e. The average molecular weight is 456 g/mol. The van der Waals surface area contributed by atoms with E-state index in [9.17, 15) is 9.59 Å². The van der Waals surface area contributed by atoms with Gasteiger partial charge in [0.05, 0.1) is 0 Å². The lowest BCUT2D eigenvalue weighted by Crippen LogP contribution is -2.42. The van der Waals surface area contributed by atoms with Crippen molar-refractivity contribution in [3.63, 3.8) is 0 Å². The van der Waals surface area contributed by atoms with Crippen LogP contribution in [0.2, 0.25) is 0 Å². The number of allylic oxidation sites excluding steroid dienone is 1. The molecule has 6 heteroatoms. The number of ether oxygens (including phenoxy) is 1. The summed E-state index contributed by atoms with van der Waals surface area (Å²) in [6.07, 6.45) is 8.08. The van der Waals surface area contributed by atoms with Crippen molar-refractivity contribution < 1.29 is 14.3 Å². The first-order valence-corrected chi connectivity index (χ1v) is 11.4. The summed E-state index contributed by atoms with van der Waals surface area (Å²) in [6, 6.07) is 3.89. The van der Waals surface area contributed by atoms with Crippen LogP contribution in [0.1, 0.15) is 61.6 Å². The second kappa shape index (κ2) is 7.59. The van der Waals surface area contributed by atoms with Gasteiger partial charge < -0.3 is 4.74 Å². The molecule has 0 N–H and O–H groups in total. The van der Waals surface area contributed by atoms with Gasteiger partial charge in [0.1, 0.15) is 11.5 Å². The highest BCUT2D eigenvalue weighted by Crippen LogP contribution is 2.60. The van der Waals surface area contributed by atoms with Gasteiger partial charge in [-0.05, 0) is 73.5 Å². The van der Waals surface area contributed by atoms with Crippen LogP contribution in [0.3, 0.4) is 0 Å². The number of hydrogen-bond donors (Lipinski definition) is 0. The van der Waals surface area contributed by atoms with Crippen LogP contribution in [0.25, 0.3) is 0 Å². The van der Waals surface area contributed by atoms with Gasteiger partial charge in [-0.3, -0.25) is 4.79 Å². The molecule has 1 aromatic rings. The van der Waals surface area contributed by atoms with Crippen LogP contribution < -0.4 is 4.74 Å². The van der Waals surface area contributed by atoms with Crippen LogP contribution in [0.5, 0.6) is 5.75 Å². The minimum absolute atomic E-state index is 0.136. The molecule has 29 heavy (non-hydrogen) atoms. The van der Waals surface area contributed by atoms with E-state index >= 15 is 0 Å². The molecule has 0 unspecified atom stereocenters. The van der Waals surface area contributed by atoms with Gasteiger partial charge in [0.15, 0.2) is 0 Å². The van der Waals surface area contributed by atoms with Gasteiger partial charge in [-0.25, -0.2) is 4.79 Å². The molecule has 0 heterocycles. The summed E-state index contributed by atoms with van der Waals surface area (Å²) in [4.78, 5) is 24.6. The average Bonchev–Trinajstić information content (AvgIpc) is 2.97. The minimum atomic E-state index is -2.12. The lowest BCUT2D eigenvalue weighted by Gasteiger charge is -2.48. The number of benzene rings is 1. The zero-order valence-electron chi connectivity index (χ0n) is 16.5. The quantitative estimate of drug-likeness (QED) is 0.239. The molecule has 3 aliphatic carbocycles. The summed E-state index contributed by atoms with van der Waals surface area (Å²) >= 11 is 17.0. The number of fused-ring (bicyclic) bond motifs is 5. The van der Waals surface area contributed by atoms with E-state index in [2.05, 4.69) is 19.6 Å². The second-order valence-electron chi connectivity index (χ2n) is 8.82. The molecule has 2 saturated carbocycles. The zero-order chi connectivity index (χ0) is 21.0. The van der Waals surface area contributed by atoms with E-state index in [-0.39, 0.29) is 5.41 Å². The maximum atomic E-state index is 12.5. The number of halogens is 3. The predicted octanol–water partition coefficient (Wildman–Crippen LogP) is 6.12. The van der Waals surface area contributed by atoms with Gasteiger partial charge in [-0.15, -0.1) is 6.58 Å². The number of Topliss-reactive ketones (excluding diaryl/α,β-unsaturated/α-hetero) is 1. The molecule has 0 aromatic heterocycles. The molecule has 4 atom stereocenters. The monoisotopic (exact) mass is 454 g/mol. The third-order valence-corrected chi connectivity index (χ3v) is 7.94. The fourth-order valence-electron chi connectivity index (χ4n) is 6.11. The number of carbonyl (C=O) groups is 2. The molecule has 4 rings (SSSR count). The molecule has 3 nitrogen and oxygen atoms in total. The van der Waals surface area contributed by atoms with Gasteiger partial charge >= 0.3 is 5.97 Å². The lowest BCUT2D eigenvalue weighted by atomic mass is 9.55. The molecule has 0 aliphatic heterocycles. The SMILES string of the molecule is C=CCc1c(OC(=O)C(Cl)(Cl)Cl)ccc2c1CC[C@@H]1[C@@H]2CC[C@]2(C)C(=O)CC[C@@H]12. The first kappa shape index (κ1) is 21.2. The Morgan fingerprint density at radius 2 is 2.03 bits per heavy atom. The lowest BCUT2D eigenvalue weighted by molar-refractivity contribution is -0.133. The van der Waals surface area contributed by atoms with Crippen LogP contribution >= 0.6 is 34.8 Å². The predicted molar refractivity (Wildman–Crippen MR) is 116 cm³/mol. The van der Waals surface area contributed by atoms with Crippen molar-refractivity contribution in [1.29, 1.82) is 0 Å². The van der Waals surface area contributed by atoms with Crippen LogP contribution in [-0.4, -0.2) is 15.5 Å². The molecule has 0 amide bonds. The molecule has 2 fully saturated rings. The van der Waals surface area contributed by atoms with Crippen molar-refractivity contribution >= 4 is 46.6 Å². The zero-order valence-corrected chi connectivity index (χ0v) is 18.7. The van der Waals surface area contributed by atoms with Crippen molar-refractivity contribution in [2.45, 2.75) is 61.6 Å². The fourth-order valence-corrected chi connectivity index (χ4v) is 6.23. The van der Waals surface area contributed by atoms with E-state index < -0.39 is 9.76 Å². The van der Waals surface area contributed by atoms with Gasteiger partial charge in [-0.1, -0.05) is 53.9 Å². The number of ketones is 1.